The van der Waals surface area contributed by atoms with Crippen LogP contribution in [0.2, 0.25) is 0 Å². The van der Waals surface area contributed by atoms with Gasteiger partial charge in [0.05, 0.1) is 5.41 Å². The van der Waals surface area contributed by atoms with Crippen LogP contribution in [0.4, 0.5) is 0 Å². The van der Waals surface area contributed by atoms with Crippen molar-refractivity contribution in [2.24, 2.45) is 0 Å². The lowest BCUT2D eigenvalue weighted by molar-refractivity contribution is 0.0630. The number of hydrogen-bond donors (Lipinski definition) is 0. The Kier molecular flexibility index (Phi) is 3.90. The quantitative estimate of drug-likeness (QED) is 0.836. The molecule has 2 aromatic rings. The second-order valence-electron chi connectivity index (χ2n) is 5.78. The van der Waals surface area contributed by atoms with Crippen LogP contribution < -0.4 is 0 Å². The van der Waals surface area contributed by atoms with Crippen LogP contribution in [0.3, 0.4) is 0 Å². The molecule has 1 aliphatic heterocycles. The van der Waals surface area contributed by atoms with Gasteiger partial charge in [0.25, 0.3) is 0 Å². The zero-order valence-electron chi connectivity index (χ0n) is 12.1. The Labute approximate surface area is 124 Å². The molecular formula is C17H21NOS. The van der Waals surface area contributed by atoms with Crippen LogP contribution in [0.1, 0.15) is 48.1 Å². The van der Waals surface area contributed by atoms with Gasteiger partial charge in [-0.15, -0.1) is 11.3 Å². The molecule has 0 atom stereocenters. The summed E-state index contributed by atoms with van der Waals surface area (Å²) in [7, 11) is 0. The summed E-state index contributed by atoms with van der Waals surface area (Å²) >= 11 is 1.87. The molecule has 0 radical (unpaired) electrons. The van der Waals surface area contributed by atoms with Crippen molar-refractivity contribution in [3.05, 3.63) is 52.0 Å². The van der Waals surface area contributed by atoms with Crippen LogP contribution >= 0.6 is 11.3 Å². The molecule has 106 valence electrons. The van der Waals surface area contributed by atoms with E-state index in [1.807, 2.05) is 11.3 Å². The Balaban J connectivity index is 2.05. The Bertz CT molecular complexity index is 555. The summed E-state index contributed by atoms with van der Waals surface area (Å²) in [6.07, 6.45) is 4.12. The first-order valence-electron chi connectivity index (χ1n) is 7.32. The van der Waals surface area contributed by atoms with E-state index in [0.29, 0.717) is 5.92 Å². The maximum atomic E-state index is 5.60. The van der Waals surface area contributed by atoms with Crippen molar-refractivity contribution >= 4 is 11.3 Å². The van der Waals surface area contributed by atoms with Gasteiger partial charge >= 0.3 is 0 Å². The van der Waals surface area contributed by atoms with Gasteiger partial charge in [-0.2, -0.15) is 0 Å². The van der Waals surface area contributed by atoms with E-state index in [4.69, 9.17) is 9.72 Å². The summed E-state index contributed by atoms with van der Waals surface area (Å²) in [5.41, 5.74) is 1.44. The van der Waals surface area contributed by atoms with Crippen LogP contribution in [-0.2, 0) is 10.2 Å². The lowest BCUT2D eigenvalue weighted by Crippen LogP contribution is -2.34. The minimum atomic E-state index is 0.0529. The zero-order valence-corrected chi connectivity index (χ0v) is 13.0. The van der Waals surface area contributed by atoms with Crippen molar-refractivity contribution < 1.29 is 4.74 Å². The SMILES string of the molecule is CC(C)c1cnc(C2(c3ccccc3)CCOCC2)s1. The molecule has 1 aromatic heterocycles. The van der Waals surface area contributed by atoms with Gasteiger partial charge in [0.2, 0.25) is 0 Å². The van der Waals surface area contributed by atoms with Crippen LogP contribution in [0.15, 0.2) is 36.5 Å². The second-order valence-corrected chi connectivity index (χ2v) is 6.85. The summed E-state index contributed by atoms with van der Waals surface area (Å²) in [6, 6.07) is 10.8. The molecule has 0 unspecified atom stereocenters. The predicted molar refractivity (Wildman–Crippen MR) is 83.5 cm³/mol. The van der Waals surface area contributed by atoms with Gasteiger partial charge in [-0.05, 0) is 24.3 Å². The van der Waals surface area contributed by atoms with Gasteiger partial charge in [0.1, 0.15) is 5.01 Å². The van der Waals surface area contributed by atoms with E-state index in [1.165, 1.54) is 15.4 Å². The highest BCUT2D eigenvalue weighted by Gasteiger charge is 2.38. The van der Waals surface area contributed by atoms with E-state index in [9.17, 15) is 0 Å². The fourth-order valence-corrected chi connectivity index (χ4v) is 4.06. The number of thiazole rings is 1. The van der Waals surface area contributed by atoms with Gasteiger partial charge < -0.3 is 4.74 Å². The molecule has 0 spiro atoms. The Hall–Kier alpha value is -1.19. The number of aromatic nitrogens is 1. The first-order valence-corrected chi connectivity index (χ1v) is 8.13. The van der Waals surface area contributed by atoms with E-state index >= 15 is 0 Å². The topological polar surface area (TPSA) is 22.1 Å². The number of rotatable bonds is 3. The highest BCUT2D eigenvalue weighted by atomic mass is 32.1. The maximum absolute atomic E-state index is 5.60. The van der Waals surface area contributed by atoms with Crippen molar-refractivity contribution in [3.8, 4) is 0 Å². The highest BCUT2D eigenvalue weighted by molar-refractivity contribution is 7.11. The molecule has 20 heavy (non-hydrogen) atoms. The molecule has 0 N–H and O–H groups in total. The third kappa shape index (κ3) is 2.40. The van der Waals surface area contributed by atoms with E-state index in [1.54, 1.807) is 0 Å². The maximum Gasteiger partial charge on any atom is 0.103 e. The molecule has 0 saturated carbocycles. The zero-order chi connectivity index (χ0) is 14.0. The van der Waals surface area contributed by atoms with Crippen LogP contribution in [0.25, 0.3) is 0 Å². The summed E-state index contributed by atoms with van der Waals surface area (Å²) in [4.78, 5) is 6.15. The van der Waals surface area contributed by atoms with E-state index < -0.39 is 0 Å². The largest absolute Gasteiger partial charge is 0.381 e. The first-order chi connectivity index (χ1) is 9.72. The number of ether oxygens (including phenoxy) is 1. The summed E-state index contributed by atoms with van der Waals surface area (Å²) < 4.78 is 5.60. The third-order valence-corrected chi connectivity index (χ3v) is 5.68. The van der Waals surface area contributed by atoms with Gasteiger partial charge in [0, 0.05) is 24.3 Å². The summed E-state index contributed by atoms with van der Waals surface area (Å²) in [5.74, 6) is 0.550. The molecule has 1 aromatic carbocycles. The fourth-order valence-electron chi connectivity index (χ4n) is 2.88. The average molecular weight is 287 g/mol. The van der Waals surface area contributed by atoms with Gasteiger partial charge in [-0.25, -0.2) is 4.98 Å². The minimum absolute atomic E-state index is 0.0529. The first kappa shape index (κ1) is 13.8. The highest BCUT2D eigenvalue weighted by Crippen LogP contribution is 2.43. The van der Waals surface area contributed by atoms with Crippen LogP contribution in [-0.4, -0.2) is 18.2 Å². The smallest absolute Gasteiger partial charge is 0.103 e. The van der Waals surface area contributed by atoms with E-state index in [2.05, 4.69) is 50.4 Å². The van der Waals surface area contributed by atoms with Gasteiger partial charge in [-0.1, -0.05) is 44.2 Å². The Morgan fingerprint density at radius 1 is 1.15 bits per heavy atom. The Morgan fingerprint density at radius 2 is 1.85 bits per heavy atom. The molecule has 2 nitrogen and oxygen atoms in total. The van der Waals surface area contributed by atoms with Crippen molar-refractivity contribution in [2.45, 2.75) is 38.0 Å². The van der Waals surface area contributed by atoms with Gasteiger partial charge in [-0.3, -0.25) is 0 Å². The van der Waals surface area contributed by atoms with E-state index in [0.717, 1.165) is 26.1 Å². The molecule has 3 rings (SSSR count). The lowest BCUT2D eigenvalue weighted by Gasteiger charge is -2.36. The third-order valence-electron chi connectivity index (χ3n) is 4.17. The fraction of sp³-hybridized carbons (Fsp3) is 0.471. The predicted octanol–water partition coefficient (Wildman–Crippen LogP) is 4.36. The van der Waals surface area contributed by atoms with Crippen LogP contribution in [0.5, 0.6) is 0 Å². The number of hydrogen-bond acceptors (Lipinski definition) is 3. The molecule has 1 saturated heterocycles. The molecule has 0 aliphatic carbocycles. The number of nitrogens with zero attached hydrogens (tertiary/aromatic N) is 1. The van der Waals surface area contributed by atoms with E-state index in [-0.39, 0.29) is 5.41 Å². The van der Waals surface area contributed by atoms with Crippen molar-refractivity contribution in [2.75, 3.05) is 13.2 Å². The summed E-state index contributed by atoms with van der Waals surface area (Å²) in [6.45, 7) is 6.11. The lowest BCUT2D eigenvalue weighted by atomic mass is 9.75. The molecular weight excluding hydrogens is 266 g/mol. The van der Waals surface area contributed by atoms with Crippen LogP contribution in [0, 0.1) is 0 Å². The normalized spacial score (nSPS) is 18.4. The standard InChI is InChI=1S/C17H21NOS/c1-13(2)15-12-18-16(20-15)17(8-10-19-11-9-17)14-6-4-3-5-7-14/h3-7,12-13H,8-11H2,1-2H3. The minimum Gasteiger partial charge on any atom is -0.381 e. The van der Waals surface area contributed by atoms with Crippen molar-refractivity contribution in [1.82, 2.24) is 4.98 Å². The van der Waals surface area contributed by atoms with Gasteiger partial charge in [0.15, 0.2) is 0 Å². The molecule has 1 fully saturated rings. The molecule has 2 heterocycles. The molecule has 3 heteroatoms. The Morgan fingerprint density at radius 3 is 2.45 bits per heavy atom. The number of benzene rings is 1. The molecule has 0 amide bonds. The second kappa shape index (κ2) is 5.66. The average Bonchev–Trinajstić information content (AvgIpc) is 2.99. The monoisotopic (exact) mass is 287 g/mol. The molecule has 1 aliphatic rings. The van der Waals surface area contributed by atoms with Crippen molar-refractivity contribution in [1.29, 1.82) is 0 Å². The van der Waals surface area contributed by atoms with Crippen molar-refractivity contribution in [3.63, 3.8) is 0 Å². The molecule has 0 bridgehead atoms. The summed E-state index contributed by atoms with van der Waals surface area (Å²) in [5, 5.41) is 1.26.